The Morgan fingerprint density at radius 2 is 2.21 bits per heavy atom. The third-order valence-corrected chi connectivity index (χ3v) is 3.94. The van der Waals surface area contributed by atoms with Crippen molar-refractivity contribution in [3.05, 3.63) is 0 Å². The summed E-state index contributed by atoms with van der Waals surface area (Å²) in [5.41, 5.74) is 4.92. The van der Waals surface area contributed by atoms with Crippen molar-refractivity contribution in [2.75, 3.05) is 33.7 Å². The lowest BCUT2D eigenvalue weighted by atomic mass is 9.97. The van der Waals surface area contributed by atoms with Crippen molar-refractivity contribution in [3.63, 3.8) is 0 Å². The fourth-order valence-electron chi connectivity index (χ4n) is 2.96. The van der Waals surface area contributed by atoms with Crippen LogP contribution in [0.5, 0.6) is 0 Å². The van der Waals surface area contributed by atoms with Crippen molar-refractivity contribution >= 4 is 5.91 Å². The highest BCUT2D eigenvalue weighted by Crippen LogP contribution is 2.16. The van der Waals surface area contributed by atoms with Crippen LogP contribution in [0, 0.1) is 0 Å². The summed E-state index contributed by atoms with van der Waals surface area (Å²) in [4.78, 5) is 16.4. The van der Waals surface area contributed by atoms with Crippen molar-refractivity contribution in [3.8, 4) is 0 Å². The molecule has 5 heteroatoms. The van der Waals surface area contributed by atoms with Gasteiger partial charge in [0, 0.05) is 25.2 Å². The summed E-state index contributed by atoms with van der Waals surface area (Å²) in [5.74, 6) is -0.280. The first-order chi connectivity index (χ1) is 8.74. The number of hydrogen-bond donors (Lipinski definition) is 2. The van der Waals surface area contributed by atoms with Crippen LogP contribution in [0.4, 0.5) is 0 Å². The van der Waals surface area contributed by atoms with Crippen molar-refractivity contribution in [1.29, 1.82) is 0 Å². The molecule has 1 amide bonds. The van der Waals surface area contributed by atoms with E-state index in [-0.39, 0.29) is 11.9 Å². The molecule has 0 bridgehead atoms. The summed E-state index contributed by atoms with van der Waals surface area (Å²) in [5, 5.41) is 3.31. The van der Waals surface area contributed by atoms with Crippen molar-refractivity contribution in [2.24, 2.45) is 5.73 Å². The number of rotatable bonds is 6. The number of carbonyl (C=O) groups excluding carboxylic acids is 1. The van der Waals surface area contributed by atoms with Gasteiger partial charge in [-0.25, -0.2) is 0 Å². The lowest BCUT2D eigenvalue weighted by Crippen LogP contribution is -2.62. The lowest BCUT2D eigenvalue weighted by molar-refractivity contribution is -0.125. The summed E-state index contributed by atoms with van der Waals surface area (Å²) >= 11 is 0. The molecular formula is C14H30N4O. The zero-order chi connectivity index (χ0) is 14.6. The molecule has 19 heavy (non-hydrogen) atoms. The zero-order valence-electron chi connectivity index (χ0n) is 13.1. The number of piperidine rings is 1. The smallest absolute Gasteiger partial charge is 0.238 e. The Hall–Kier alpha value is -0.650. The standard InChI is InChI=1S/C14H30N4O/c1-11(2)16-14(3,13(15)19)10-18(5)12-7-6-8-17(4)9-12/h11-12,16H,6-10H2,1-5H3,(H2,15,19). The van der Waals surface area contributed by atoms with Crippen LogP contribution in [0.25, 0.3) is 0 Å². The van der Waals surface area contributed by atoms with Gasteiger partial charge < -0.3 is 16.0 Å². The van der Waals surface area contributed by atoms with Crippen molar-refractivity contribution in [1.82, 2.24) is 15.1 Å². The van der Waals surface area contributed by atoms with Crippen LogP contribution < -0.4 is 11.1 Å². The van der Waals surface area contributed by atoms with Gasteiger partial charge in [0.1, 0.15) is 5.54 Å². The third-order valence-electron chi connectivity index (χ3n) is 3.94. The average Bonchev–Trinajstić information content (AvgIpc) is 2.27. The summed E-state index contributed by atoms with van der Waals surface area (Å²) in [6.45, 7) is 8.86. The monoisotopic (exact) mass is 270 g/mol. The zero-order valence-corrected chi connectivity index (χ0v) is 13.1. The Morgan fingerprint density at radius 3 is 2.68 bits per heavy atom. The number of carbonyl (C=O) groups is 1. The quantitative estimate of drug-likeness (QED) is 0.726. The fraction of sp³-hybridized carbons (Fsp3) is 0.929. The van der Waals surface area contributed by atoms with Gasteiger partial charge in [-0.15, -0.1) is 0 Å². The topological polar surface area (TPSA) is 61.6 Å². The van der Waals surface area contributed by atoms with E-state index in [0.717, 1.165) is 6.54 Å². The molecule has 0 aromatic carbocycles. The Kier molecular flexibility index (Phi) is 5.77. The predicted molar refractivity (Wildman–Crippen MR) is 79.0 cm³/mol. The highest BCUT2D eigenvalue weighted by molar-refractivity contribution is 5.84. The molecule has 1 aliphatic rings. The van der Waals surface area contributed by atoms with E-state index in [4.69, 9.17) is 5.73 Å². The van der Waals surface area contributed by atoms with Gasteiger partial charge in [0.15, 0.2) is 0 Å². The summed E-state index contributed by atoms with van der Waals surface area (Å²) in [6.07, 6.45) is 2.41. The molecule has 1 heterocycles. The van der Waals surface area contributed by atoms with E-state index in [1.54, 1.807) is 0 Å². The minimum Gasteiger partial charge on any atom is -0.368 e. The lowest BCUT2D eigenvalue weighted by Gasteiger charge is -2.40. The van der Waals surface area contributed by atoms with Crippen LogP contribution >= 0.6 is 0 Å². The van der Waals surface area contributed by atoms with Crippen LogP contribution in [-0.4, -0.2) is 67.1 Å². The molecule has 112 valence electrons. The molecule has 1 aliphatic heterocycles. The fourth-order valence-corrected chi connectivity index (χ4v) is 2.96. The minimum atomic E-state index is -0.668. The van der Waals surface area contributed by atoms with E-state index in [1.807, 2.05) is 20.8 Å². The molecule has 0 radical (unpaired) electrons. The van der Waals surface area contributed by atoms with Gasteiger partial charge in [-0.3, -0.25) is 9.69 Å². The van der Waals surface area contributed by atoms with Gasteiger partial charge in [-0.1, -0.05) is 0 Å². The molecule has 0 aromatic rings. The van der Waals surface area contributed by atoms with E-state index in [2.05, 4.69) is 29.2 Å². The maximum absolute atomic E-state index is 11.8. The summed E-state index contributed by atoms with van der Waals surface area (Å²) in [7, 11) is 4.24. The second-order valence-electron chi connectivity index (χ2n) is 6.47. The van der Waals surface area contributed by atoms with E-state index >= 15 is 0 Å². The Balaban J connectivity index is 2.65. The van der Waals surface area contributed by atoms with Gasteiger partial charge in [0.2, 0.25) is 5.91 Å². The average molecular weight is 270 g/mol. The molecule has 1 fully saturated rings. The minimum absolute atomic E-state index is 0.236. The number of likely N-dealkylation sites (N-methyl/N-ethyl adjacent to an activating group) is 2. The largest absolute Gasteiger partial charge is 0.368 e. The first kappa shape index (κ1) is 16.4. The van der Waals surface area contributed by atoms with Crippen LogP contribution in [0.15, 0.2) is 0 Å². The predicted octanol–water partition coefficient (Wildman–Crippen LogP) is 0.254. The second-order valence-corrected chi connectivity index (χ2v) is 6.47. The van der Waals surface area contributed by atoms with Gasteiger partial charge in [0.05, 0.1) is 0 Å². The van der Waals surface area contributed by atoms with Crippen molar-refractivity contribution in [2.45, 2.75) is 51.2 Å². The molecule has 1 saturated heterocycles. The SMILES string of the molecule is CC(C)NC(C)(CN(C)C1CCCN(C)C1)C(N)=O. The molecule has 1 rings (SSSR count). The molecule has 5 nitrogen and oxygen atoms in total. The van der Waals surface area contributed by atoms with E-state index in [9.17, 15) is 4.79 Å². The number of amides is 1. The van der Waals surface area contributed by atoms with Crippen LogP contribution in [-0.2, 0) is 4.79 Å². The number of nitrogens with one attached hydrogen (secondary N) is 1. The summed E-state index contributed by atoms with van der Waals surface area (Å²) < 4.78 is 0. The van der Waals surface area contributed by atoms with E-state index < -0.39 is 5.54 Å². The van der Waals surface area contributed by atoms with Gasteiger partial charge >= 0.3 is 0 Å². The molecule has 3 N–H and O–H groups in total. The number of nitrogens with zero attached hydrogens (tertiary/aromatic N) is 2. The normalized spacial score (nSPS) is 24.7. The van der Waals surface area contributed by atoms with Crippen LogP contribution in [0.2, 0.25) is 0 Å². The van der Waals surface area contributed by atoms with Gasteiger partial charge in [0.25, 0.3) is 0 Å². The van der Waals surface area contributed by atoms with E-state index in [0.29, 0.717) is 12.6 Å². The number of primary amides is 1. The first-order valence-electron chi connectivity index (χ1n) is 7.21. The highest BCUT2D eigenvalue weighted by atomic mass is 16.1. The van der Waals surface area contributed by atoms with E-state index in [1.165, 1.54) is 19.4 Å². The Bertz CT molecular complexity index is 308. The first-order valence-corrected chi connectivity index (χ1v) is 7.21. The molecule has 0 spiro atoms. The van der Waals surface area contributed by atoms with Crippen LogP contribution in [0.1, 0.15) is 33.6 Å². The molecule has 2 atom stereocenters. The molecule has 2 unspecified atom stereocenters. The third kappa shape index (κ3) is 4.75. The molecule has 0 saturated carbocycles. The number of likely N-dealkylation sites (tertiary alicyclic amines) is 1. The maximum atomic E-state index is 11.8. The Morgan fingerprint density at radius 1 is 1.58 bits per heavy atom. The van der Waals surface area contributed by atoms with Gasteiger partial charge in [-0.05, 0) is 54.3 Å². The number of hydrogen-bond acceptors (Lipinski definition) is 4. The van der Waals surface area contributed by atoms with Crippen LogP contribution in [0.3, 0.4) is 0 Å². The Labute approximate surface area is 117 Å². The second kappa shape index (κ2) is 6.68. The molecule has 0 aromatic heterocycles. The van der Waals surface area contributed by atoms with Crippen molar-refractivity contribution < 1.29 is 4.79 Å². The highest BCUT2D eigenvalue weighted by Gasteiger charge is 2.35. The summed E-state index contributed by atoms with van der Waals surface area (Å²) in [6, 6.07) is 0.742. The van der Waals surface area contributed by atoms with Gasteiger partial charge in [-0.2, -0.15) is 0 Å². The number of nitrogens with two attached hydrogens (primary N) is 1. The maximum Gasteiger partial charge on any atom is 0.238 e. The molecule has 0 aliphatic carbocycles. The molecular weight excluding hydrogens is 240 g/mol.